The van der Waals surface area contributed by atoms with Crippen molar-refractivity contribution in [2.24, 2.45) is 45.3 Å². The van der Waals surface area contributed by atoms with Gasteiger partial charge < -0.3 is 10.2 Å². The van der Waals surface area contributed by atoms with Gasteiger partial charge in [-0.2, -0.15) is 0 Å². The van der Waals surface area contributed by atoms with Crippen molar-refractivity contribution >= 4 is 11.6 Å². The molecule has 8 atom stereocenters. The average molecular weight is 441 g/mol. The summed E-state index contributed by atoms with van der Waals surface area (Å²) in [4.78, 5) is 26.3. The quantitative estimate of drug-likeness (QED) is 0.484. The van der Waals surface area contributed by atoms with Gasteiger partial charge >= 0.3 is 0 Å². The number of carbonyl (C=O) groups is 2. The van der Waals surface area contributed by atoms with Crippen molar-refractivity contribution in [1.82, 2.24) is 0 Å². The molecule has 5 aliphatic rings. The molecule has 0 aromatic heterocycles. The number of hydrogen-bond donors (Lipinski definition) is 2. The monoisotopic (exact) mass is 440 g/mol. The Morgan fingerprint density at radius 1 is 1.00 bits per heavy atom. The number of fused-ring (bicyclic) bond motifs is 7. The Labute approximate surface area is 192 Å². The summed E-state index contributed by atoms with van der Waals surface area (Å²) in [5, 5.41) is 22.0. The molecular formula is C28H40O4. The van der Waals surface area contributed by atoms with E-state index in [1.54, 1.807) is 0 Å². The number of Topliss-reactive ketones (excluding diaryl/α,β-unsaturated/α-hetero) is 2. The Morgan fingerprint density at radius 2 is 1.69 bits per heavy atom. The lowest BCUT2D eigenvalue weighted by atomic mass is 9.35. The molecule has 2 N–H and O–H groups in total. The van der Waals surface area contributed by atoms with Gasteiger partial charge in [-0.05, 0) is 85.0 Å². The molecule has 2 unspecified atom stereocenters. The molecule has 4 heteroatoms. The molecule has 0 bridgehead atoms. The van der Waals surface area contributed by atoms with Crippen molar-refractivity contribution in [3.63, 3.8) is 0 Å². The third-order valence-electron chi connectivity index (χ3n) is 11.3. The Bertz CT molecular complexity index is 956. The summed E-state index contributed by atoms with van der Waals surface area (Å²) >= 11 is 0. The summed E-state index contributed by atoms with van der Waals surface area (Å²) in [5.41, 5.74) is 1.23. The molecule has 0 heterocycles. The van der Waals surface area contributed by atoms with Gasteiger partial charge in [-0.3, -0.25) is 9.59 Å². The fraction of sp³-hybridized carbons (Fsp3) is 0.786. The van der Waals surface area contributed by atoms with Crippen molar-refractivity contribution in [3.8, 4) is 0 Å². The second-order valence-electron chi connectivity index (χ2n) is 13.2. The maximum absolute atomic E-state index is 13.6. The second kappa shape index (κ2) is 6.58. The zero-order valence-electron chi connectivity index (χ0n) is 20.6. The molecule has 0 aliphatic heterocycles. The van der Waals surface area contributed by atoms with Crippen LogP contribution in [0.5, 0.6) is 0 Å². The zero-order chi connectivity index (χ0) is 23.4. The summed E-state index contributed by atoms with van der Waals surface area (Å²) in [6, 6.07) is 0. The normalized spacial score (nSPS) is 50.1. The first-order valence-corrected chi connectivity index (χ1v) is 12.6. The van der Waals surface area contributed by atoms with E-state index in [1.807, 2.05) is 6.92 Å². The highest BCUT2D eigenvalue weighted by Crippen LogP contribution is 2.72. The van der Waals surface area contributed by atoms with Gasteiger partial charge in [0.05, 0.1) is 0 Å². The fourth-order valence-corrected chi connectivity index (χ4v) is 9.38. The van der Waals surface area contributed by atoms with Crippen LogP contribution in [0.1, 0.15) is 86.5 Å². The molecule has 3 saturated carbocycles. The van der Waals surface area contributed by atoms with Crippen LogP contribution in [0.2, 0.25) is 0 Å². The second-order valence-corrected chi connectivity index (χ2v) is 13.2. The number of carbonyl (C=O) groups excluding carboxylic acids is 2. The smallest absolute Gasteiger partial charge is 0.197 e. The van der Waals surface area contributed by atoms with Crippen molar-refractivity contribution in [3.05, 3.63) is 23.0 Å². The number of aliphatic hydroxyl groups is 2. The van der Waals surface area contributed by atoms with E-state index < -0.39 is 11.5 Å². The maximum atomic E-state index is 13.6. The van der Waals surface area contributed by atoms with Crippen LogP contribution in [0.15, 0.2) is 23.0 Å². The molecule has 0 saturated heterocycles. The topological polar surface area (TPSA) is 74.6 Å². The number of rotatable bonds is 0. The maximum Gasteiger partial charge on any atom is 0.197 e. The molecular weight excluding hydrogens is 400 g/mol. The summed E-state index contributed by atoms with van der Waals surface area (Å²) in [5.74, 6) is 0.395. The van der Waals surface area contributed by atoms with Gasteiger partial charge in [0.2, 0.25) is 0 Å². The lowest BCUT2D eigenvalue weighted by Crippen LogP contribution is -2.67. The van der Waals surface area contributed by atoms with Gasteiger partial charge in [0, 0.05) is 17.8 Å². The van der Waals surface area contributed by atoms with Crippen LogP contribution in [0, 0.1) is 45.3 Å². The van der Waals surface area contributed by atoms with Crippen LogP contribution in [-0.4, -0.2) is 27.9 Å². The minimum Gasteiger partial charge on any atom is -0.504 e. The number of ketones is 2. The highest BCUT2D eigenvalue weighted by Gasteiger charge is 2.69. The SMILES string of the molecule is CC1=C(O)C(=O)C[C@]2(C)[C@H]3CC=C4C5CC(C)(C)CCC5C(=O)[C@H](O)[C@@]4(C)[C@]3(C)CC[C@@H]12. The van der Waals surface area contributed by atoms with Gasteiger partial charge in [0.25, 0.3) is 0 Å². The zero-order valence-corrected chi connectivity index (χ0v) is 20.6. The summed E-state index contributed by atoms with van der Waals surface area (Å²) in [7, 11) is 0. The Balaban J connectivity index is 1.64. The van der Waals surface area contributed by atoms with Crippen LogP contribution in [0.4, 0.5) is 0 Å². The van der Waals surface area contributed by atoms with Crippen molar-refractivity contribution in [2.75, 3.05) is 0 Å². The van der Waals surface area contributed by atoms with Gasteiger partial charge in [-0.1, -0.05) is 46.3 Å². The third-order valence-corrected chi connectivity index (χ3v) is 11.3. The Kier molecular flexibility index (Phi) is 4.60. The highest BCUT2D eigenvalue weighted by molar-refractivity contribution is 5.95. The van der Waals surface area contributed by atoms with Gasteiger partial charge in [-0.25, -0.2) is 0 Å². The van der Waals surface area contributed by atoms with Crippen molar-refractivity contribution in [1.29, 1.82) is 0 Å². The molecule has 0 spiro atoms. The molecule has 32 heavy (non-hydrogen) atoms. The van der Waals surface area contributed by atoms with Crippen LogP contribution < -0.4 is 0 Å². The number of aliphatic hydroxyl groups excluding tert-OH is 2. The van der Waals surface area contributed by atoms with Gasteiger partial charge in [-0.15, -0.1) is 0 Å². The van der Waals surface area contributed by atoms with Crippen molar-refractivity contribution < 1.29 is 19.8 Å². The van der Waals surface area contributed by atoms with Crippen LogP contribution >= 0.6 is 0 Å². The largest absolute Gasteiger partial charge is 0.504 e. The lowest BCUT2D eigenvalue weighted by molar-refractivity contribution is -0.183. The first-order chi connectivity index (χ1) is 14.8. The molecule has 0 aromatic carbocycles. The molecule has 0 amide bonds. The summed E-state index contributed by atoms with van der Waals surface area (Å²) in [6.07, 6.45) is 7.33. The first kappa shape index (κ1) is 22.4. The minimum atomic E-state index is -0.978. The Morgan fingerprint density at radius 3 is 2.38 bits per heavy atom. The number of hydrogen-bond acceptors (Lipinski definition) is 4. The van der Waals surface area contributed by atoms with E-state index in [0.29, 0.717) is 6.42 Å². The molecule has 4 nitrogen and oxygen atoms in total. The molecule has 5 rings (SSSR count). The predicted octanol–water partition coefficient (Wildman–Crippen LogP) is 5.55. The minimum absolute atomic E-state index is 0.0329. The van der Waals surface area contributed by atoms with E-state index in [2.05, 4.69) is 40.7 Å². The van der Waals surface area contributed by atoms with Gasteiger partial charge in [0.15, 0.2) is 17.3 Å². The summed E-state index contributed by atoms with van der Waals surface area (Å²) < 4.78 is 0. The standard InChI is InChI=1S/C28H40O4/c1-15-18-10-12-27(5)21(26(18,4)14-20(29)22(15)30)8-7-19-17-13-25(2,3)11-9-16(17)23(31)24(32)28(19,27)6/h7,16-18,21,24,30,32H,8-14H2,1-6H3/t16?,17?,18-,21+,24-,26-,27+,28-/m0/s1. The molecule has 176 valence electrons. The molecule has 0 aromatic rings. The molecule has 3 fully saturated rings. The molecule has 5 aliphatic carbocycles. The highest BCUT2D eigenvalue weighted by atomic mass is 16.3. The van der Waals surface area contributed by atoms with E-state index in [9.17, 15) is 19.8 Å². The van der Waals surface area contributed by atoms with E-state index in [-0.39, 0.29) is 57.2 Å². The van der Waals surface area contributed by atoms with E-state index >= 15 is 0 Å². The van der Waals surface area contributed by atoms with Crippen LogP contribution in [0.25, 0.3) is 0 Å². The average Bonchev–Trinajstić information content (AvgIpc) is 2.70. The van der Waals surface area contributed by atoms with Crippen molar-refractivity contribution in [2.45, 2.75) is 92.6 Å². The molecule has 0 radical (unpaired) electrons. The number of allylic oxidation sites excluding steroid dienone is 3. The van der Waals surface area contributed by atoms with Crippen LogP contribution in [-0.2, 0) is 9.59 Å². The van der Waals surface area contributed by atoms with E-state index in [1.165, 1.54) is 5.57 Å². The Hall–Kier alpha value is -1.42. The van der Waals surface area contributed by atoms with Gasteiger partial charge in [0.1, 0.15) is 6.10 Å². The van der Waals surface area contributed by atoms with E-state index in [0.717, 1.165) is 44.1 Å². The van der Waals surface area contributed by atoms with Crippen LogP contribution in [0.3, 0.4) is 0 Å². The van der Waals surface area contributed by atoms with E-state index in [4.69, 9.17) is 0 Å². The third kappa shape index (κ3) is 2.54. The lowest BCUT2D eigenvalue weighted by Gasteiger charge is -2.68. The first-order valence-electron chi connectivity index (χ1n) is 12.6. The fourth-order valence-electron chi connectivity index (χ4n) is 9.38. The predicted molar refractivity (Wildman–Crippen MR) is 124 cm³/mol. The summed E-state index contributed by atoms with van der Waals surface area (Å²) in [6.45, 7) is 13.2.